The zero-order chi connectivity index (χ0) is 9.68. The maximum atomic E-state index is 11.0. The number of carbonyl (C=O) groups is 1. The summed E-state index contributed by atoms with van der Waals surface area (Å²) in [6, 6.07) is 7.09. The Hall–Kier alpha value is -1.51. The zero-order valence-corrected chi connectivity index (χ0v) is 7.70. The normalized spacial score (nSPS) is 9.38. The van der Waals surface area contributed by atoms with Crippen molar-refractivity contribution in [3.63, 3.8) is 0 Å². The third-order valence-corrected chi connectivity index (χ3v) is 1.62. The van der Waals surface area contributed by atoms with Crippen molar-refractivity contribution in [3.8, 4) is 0 Å². The number of methoxy groups -OCH3 is 1. The van der Waals surface area contributed by atoms with Crippen LogP contribution in [0.1, 0.15) is 17.3 Å². The van der Waals surface area contributed by atoms with Gasteiger partial charge < -0.3 is 10.1 Å². The highest BCUT2D eigenvalue weighted by molar-refractivity contribution is 5.89. The molecule has 13 heavy (non-hydrogen) atoms. The molecule has 0 aliphatic carbocycles. The molecule has 0 heterocycles. The smallest absolute Gasteiger partial charge is 0.337 e. The Morgan fingerprint density at radius 1 is 1.38 bits per heavy atom. The second-order valence-electron chi connectivity index (χ2n) is 2.50. The topological polar surface area (TPSA) is 38.3 Å². The lowest BCUT2D eigenvalue weighted by Gasteiger charge is -2.03. The second-order valence-corrected chi connectivity index (χ2v) is 2.50. The van der Waals surface area contributed by atoms with E-state index in [4.69, 9.17) is 0 Å². The molecule has 1 rings (SSSR count). The van der Waals surface area contributed by atoms with Crippen LogP contribution in [0.5, 0.6) is 0 Å². The van der Waals surface area contributed by atoms with E-state index in [1.54, 1.807) is 12.1 Å². The van der Waals surface area contributed by atoms with Gasteiger partial charge in [0.1, 0.15) is 0 Å². The predicted molar refractivity (Wildman–Crippen MR) is 51.4 cm³/mol. The van der Waals surface area contributed by atoms with Crippen molar-refractivity contribution in [1.29, 1.82) is 0 Å². The summed E-state index contributed by atoms with van der Waals surface area (Å²) in [5, 5.41) is 3.01. The fourth-order valence-electron chi connectivity index (χ4n) is 0.987. The Bertz CT molecular complexity index is 279. The van der Waals surface area contributed by atoms with Crippen LogP contribution < -0.4 is 5.32 Å². The Morgan fingerprint density at radius 3 is 2.46 bits per heavy atom. The van der Waals surface area contributed by atoms with E-state index < -0.39 is 0 Å². The van der Waals surface area contributed by atoms with Gasteiger partial charge in [0.2, 0.25) is 0 Å². The van der Waals surface area contributed by atoms with Gasteiger partial charge in [0.05, 0.1) is 12.7 Å². The van der Waals surface area contributed by atoms with E-state index in [9.17, 15) is 4.79 Å². The standard InChI is InChI=1S/C10H12NO2/c1-3-11-9-6-4-8(5-7-9)10(12)13-2/h3-7,11H,1-2H3. The quantitative estimate of drug-likeness (QED) is 0.720. The first-order valence-corrected chi connectivity index (χ1v) is 4.00. The van der Waals surface area contributed by atoms with E-state index in [1.807, 2.05) is 25.6 Å². The fourth-order valence-corrected chi connectivity index (χ4v) is 0.987. The average molecular weight is 178 g/mol. The Labute approximate surface area is 77.7 Å². The third-order valence-electron chi connectivity index (χ3n) is 1.62. The highest BCUT2D eigenvalue weighted by atomic mass is 16.5. The van der Waals surface area contributed by atoms with Gasteiger partial charge in [-0.05, 0) is 31.2 Å². The van der Waals surface area contributed by atoms with Gasteiger partial charge in [0.15, 0.2) is 0 Å². The molecule has 3 nitrogen and oxygen atoms in total. The lowest BCUT2D eigenvalue weighted by atomic mass is 10.2. The minimum atomic E-state index is -0.313. The maximum Gasteiger partial charge on any atom is 0.337 e. The largest absolute Gasteiger partial charge is 0.465 e. The number of rotatable bonds is 3. The van der Waals surface area contributed by atoms with Gasteiger partial charge in [-0.25, -0.2) is 4.79 Å². The van der Waals surface area contributed by atoms with E-state index in [1.165, 1.54) is 7.11 Å². The summed E-state index contributed by atoms with van der Waals surface area (Å²) in [5.41, 5.74) is 1.51. The van der Waals surface area contributed by atoms with Gasteiger partial charge in [-0.15, -0.1) is 0 Å². The van der Waals surface area contributed by atoms with Gasteiger partial charge in [-0.1, -0.05) is 0 Å². The molecule has 0 amide bonds. The zero-order valence-electron chi connectivity index (χ0n) is 7.70. The molecule has 1 N–H and O–H groups in total. The molecule has 0 aliphatic heterocycles. The molecule has 1 aromatic rings. The van der Waals surface area contributed by atoms with Crippen molar-refractivity contribution in [2.24, 2.45) is 0 Å². The number of hydrogen-bond donors (Lipinski definition) is 1. The van der Waals surface area contributed by atoms with E-state index in [-0.39, 0.29) is 5.97 Å². The van der Waals surface area contributed by atoms with Crippen LogP contribution >= 0.6 is 0 Å². The number of hydrogen-bond acceptors (Lipinski definition) is 3. The van der Waals surface area contributed by atoms with Gasteiger partial charge in [0, 0.05) is 12.2 Å². The molecule has 69 valence electrons. The maximum absolute atomic E-state index is 11.0. The van der Waals surface area contributed by atoms with Crippen LogP contribution in [0.25, 0.3) is 0 Å². The highest BCUT2D eigenvalue weighted by Crippen LogP contribution is 2.10. The summed E-state index contributed by atoms with van der Waals surface area (Å²) in [5.74, 6) is -0.313. The van der Waals surface area contributed by atoms with E-state index >= 15 is 0 Å². The monoisotopic (exact) mass is 178 g/mol. The Kier molecular flexibility index (Phi) is 3.31. The molecular formula is C10H12NO2. The van der Waals surface area contributed by atoms with Crippen LogP contribution in [0.4, 0.5) is 5.69 Å². The molecule has 0 saturated heterocycles. The number of anilines is 1. The highest BCUT2D eigenvalue weighted by Gasteiger charge is 2.03. The Morgan fingerprint density at radius 2 is 2.00 bits per heavy atom. The van der Waals surface area contributed by atoms with Crippen LogP contribution in [0.2, 0.25) is 0 Å². The second kappa shape index (κ2) is 4.50. The summed E-state index contributed by atoms with van der Waals surface area (Å²) in [4.78, 5) is 11.0. The summed E-state index contributed by atoms with van der Waals surface area (Å²) >= 11 is 0. The van der Waals surface area contributed by atoms with Gasteiger partial charge in [-0.3, -0.25) is 0 Å². The van der Waals surface area contributed by atoms with E-state index in [0.717, 1.165) is 5.69 Å². The molecule has 1 radical (unpaired) electrons. The molecule has 0 bridgehead atoms. The first-order chi connectivity index (χ1) is 6.27. The third kappa shape index (κ3) is 2.47. The van der Waals surface area contributed by atoms with Gasteiger partial charge >= 0.3 is 5.97 Å². The first-order valence-electron chi connectivity index (χ1n) is 4.00. The van der Waals surface area contributed by atoms with Crippen molar-refractivity contribution in [3.05, 3.63) is 36.4 Å². The molecule has 3 heteroatoms. The molecule has 0 fully saturated rings. The van der Waals surface area contributed by atoms with Crippen molar-refractivity contribution >= 4 is 11.7 Å². The lowest BCUT2D eigenvalue weighted by Crippen LogP contribution is -2.00. The van der Waals surface area contributed by atoms with Crippen LogP contribution in [0, 0.1) is 6.54 Å². The van der Waals surface area contributed by atoms with Crippen LogP contribution in [0.3, 0.4) is 0 Å². The fraction of sp³-hybridized carbons (Fsp3) is 0.200. The summed E-state index contributed by atoms with van der Waals surface area (Å²) < 4.78 is 4.57. The van der Waals surface area contributed by atoms with Crippen molar-refractivity contribution < 1.29 is 9.53 Å². The van der Waals surface area contributed by atoms with Crippen molar-refractivity contribution in [1.82, 2.24) is 0 Å². The van der Waals surface area contributed by atoms with Crippen molar-refractivity contribution in [2.75, 3.05) is 12.4 Å². The molecule has 1 aromatic carbocycles. The number of ether oxygens (including phenoxy) is 1. The summed E-state index contributed by atoms with van der Waals surface area (Å²) in [7, 11) is 1.37. The summed E-state index contributed by atoms with van der Waals surface area (Å²) in [6.07, 6.45) is 0. The minimum absolute atomic E-state index is 0.313. The molecule has 0 aromatic heterocycles. The predicted octanol–water partition coefficient (Wildman–Crippen LogP) is 2.07. The molecule has 0 unspecified atom stereocenters. The molecule has 0 atom stereocenters. The SMILES string of the molecule is C[CH]Nc1ccc(C(=O)OC)cc1. The molecule has 0 saturated carbocycles. The minimum Gasteiger partial charge on any atom is -0.465 e. The van der Waals surface area contributed by atoms with Crippen molar-refractivity contribution in [2.45, 2.75) is 6.92 Å². The lowest BCUT2D eigenvalue weighted by molar-refractivity contribution is 0.0601. The number of nitrogens with one attached hydrogen (secondary N) is 1. The Balaban J connectivity index is 2.75. The van der Waals surface area contributed by atoms with Gasteiger partial charge in [0.25, 0.3) is 0 Å². The number of esters is 1. The molecule has 0 spiro atoms. The van der Waals surface area contributed by atoms with Crippen LogP contribution in [-0.2, 0) is 4.74 Å². The molecule has 0 aliphatic rings. The van der Waals surface area contributed by atoms with Crippen LogP contribution in [0.15, 0.2) is 24.3 Å². The summed E-state index contributed by atoms with van der Waals surface area (Å²) in [6.45, 7) is 3.72. The molecular weight excluding hydrogens is 166 g/mol. The van der Waals surface area contributed by atoms with E-state index in [0.29, 0.717) is 5.56 Å². The van der Waals surface area contributed by atoms with Gasteiger partial charge in [-0.2, -0.15) is 0 Å². The average Bonchev–Trinajstić information content (AvgIpc) is 2.18. The van der Waals surface area contributed by atoms with E-state index in [2.05, 4.69) is 10.1 Å². The van der Waals surface area contributed by atoms with Crippen LogP contribution in [-0.4, -0.2) is 13.1 Å². The number of carbonyl (C=O) groups excluding carboxylic acids is 1. The number of benzene rings is 1. The first kappa shape index (κ1) is 9.58.